The van der Waals surface area contributed by atoms with Gasteiger partial charge in [-0.25, -0.2) is 0 Å². The second kappa shape index (κ2) is 16000. The van der Waals surface area contributed by atoms with Crippen LogP contribution >= 0.6 is 0 Å². The second-order valence-electron chi connectivity index (χ2n) is 0. The zero-order valence-corrected chi connectivity index (χ0v) is 4.01. The molecule has 0 N–H and O–H groups in total. The molecule has 0 atom stereocenters. The van der Waals surface area contributed by atoms with Crippen molar-refractivity contribution in [3.63, 3.8) is 0 Å². The van der Waals surface area contributed by atoms with Crippen molar-refractivity contribution in [1.82, 2.24) is 0 Å². The van der Waals surface area contributed by atoms with Gasteiger partial charge in [-0.15, -0.1) is 0 Å². The van der Waals surface area contributed by atoms with Crippen molar-refractivity contribution >= 4 is 0 Å². The van der Waals surface area contributed by atoms with Gasteiger partial charge < -0.3 is 0 Å². The van der Waals surface area contributed by atoms with Gasteiger partial charge >= 0.3 is 0 Å². The molecule has 0 aliphatic rings. The number of rotatable bonds is 0. The number of halogens is 6. The third-order valence-corrected chi connectivity index (χ3v) is 0. The summed E-state index contributed by atoms with van der Waals surface area (Å²) in [6.07, 6.45) is 0. The molecule has 0 aromatic carbocycles. The van der Waals surface area contributed by atoms with Crippen molar-refractivity contribution < 1.29 is 45.3 Å². The average molecular weight is 175 g/mol. The molecule has 0 aliphatic carbocycles. The molecular weight excluding hydrogens is 169 g/mol. The smallest absolute Gasteiger partial charge is 0 e. The minimum atomic E-state index is 0. The van der Waals surface area contributed by atoms with Crippen LogP contribution < -0.4 is 0 Å². The maximum absolute atomic E-state index is 0. The molecule has 0 bridgehead atoms. The van der Waals surface area contributed by atoms with Gasteiger partial charge in [0.15, 0.2) is 0 Å². The van der Waals surface area contributed by atoms with Crippen LogP contribution in [0.3, 0.4) is 0 Å². The van der Waals surface area contributed by atoms with Crippen LogP contribution in [0.5, 0.6) is 0 Å². The third kappa shape index (κ3) is 10400. The van der Waals surface area contributed by atoms with E-state index in [-0.39, 0.29) is 45.3 Å². The van der Waals surface area contributed by atoms with E-state index in [1.54, 1.807) is 0 Å². The first-order valence-electron chi connectivity index (χ1n) is 0. The summed E-state index contributed by atoms with van der Waals surface area (Å²) in [4.78, 5) is 0. The van der Waals surface area contributed by atoms with Crippen LogP contribution in [0.25, 0.3) is 0 Å². The Balaban J connectivity index is 0. The first-order chi connectivity index (χ1) is 0. The Bertz CT molecular complexity index is 4.14. The fraction of sp³-hybridized carbons (Fsp3) is 0. The van der Waals surface area contributed by atoms with Gasteiger partial charge in [0.2, 0.25) is 0 Å². The normalized spacial score (nSPS) is 0. The molecule has 0 aliphatic heterocycles. The van der Waals surface area contributed by atoms with E-state index in [0.717, 1.165) is 0 Å². The molecule has 0 rings (SSSR count). The van der Waals surface area contributed by atoms with Crippen molar-refractivity contribution in [2.45, 2.75) is 0 Å². The molecule has 1 radical (unpaired) electrons. The summed E-state index contributed by atoms with van der Waals surface area (Å²) < 4.78 is 0. The van der Waals surface area contributed by atoms with E-state index in [1.165, 1.54) is 0 Å². The van der Waals surface area contributed by atoms with Gasteiger partial charge in [0, 0.05) is 17.1 Å². The van der Waals surface area contributed by atoms with E-state index in [9.17, 15) is 0 Å². The van der Waals surface area contributed by atoms with Gasteiger partial charge in [0.05, 0.1) is 0 Å². The second-order valence-corrected chi connectivity index (χ2v) is 0. The summed E-state index contributed by atoms with van der Waals surface area (Å²) >= 11 is 0. The first-order valence-corrected chi connectivity index (χ1v) is 0. The van der Waals surface area contributed by atoms with Gasteiger partial charge in [-0.05, 0) is 0 Å². The maximum atomic E-state index is 0. The summed E-state index contributed by atoms with van der Waals surface area (Å²) in [5.74, 6) is 0. The van der Waals surface area contributed by atoms with Gasteiger partial charge in [-0.1, -0.05) is 0 Å². The summed E-state index contributed by atoms with van der Waals surface area (Å²) in [6, 6.07) is 0. The molecule has 0 saturated heterocycles. The molecule has 0 nitrogen and oxygen atoms in total. The van der Waals surface area contributed by atoms with Gasteiger partial charge in [0.25, 0.3) is 0 Å². The van der Waals surface area contributed by atoms with E-state index < -0.39 is 0 Å². The van der Waals surface area contributed by atoms with Crippen molar-refractivity contribution in [2.24, 2.45) is 0 Å². The monoisotopic (exact) mass is 175 g/mol. The van der Waals surface area contributed by atoms with Crippen LogP contribution in [0.15, 0.2) is 0 Å². The predicted molar refractivity (Wildman–Crippen MR) is 15.0 cm³/mol. The minimum Gasteiger partial charge on any atom is -0.269 e. The van der Waals surface area contributed by atoms with E-state index in [0.29, 0.717) is 0 Å². The Morgan fingerprint density at radius 3 is 0.286 bits per heavy atom. The Morgan fingerprint density at radius 2 is 0.286 bits per heavy atom. The summed E-state index contributed by atoms with van der Waals surface area (Å²) in [5.41, 5.74) is 0. The molecule has 0 spiro atoms. The number of hydrogen-bond donors (Lipinski definition) is 0. The SMILES string of the molecule is F.F.F.F.F.F.[Mn]. The van der Waals surface area contributed by atoms with Crippen LogP contribution in [0.2, 0.25) is 0 Å². The fourth-order valence-corrected chi connectivity index (χ4v) is 0. The third-order valence-electron chi connectivity index (χ3n) is 0. The van der Waals surface area contributed by atoms with Crippen molar-refractivity contribution in [3.8, 4) is 0 Å². The number of hydrogen-bond acceptors (Lipinski definition) is 0. The molecule has 0 heterocycles. The largest absolute Gasteiger partial charge is 0.269 e. The summed E-state index contributed by atoms with van der Waals surface area (Å²) in [7, 11) is 0. The van der Waals surface area contributed by atoms with Crippen LogP contribution in [0.4, 0.5) is 28.2 Å². The molecule has 0 amide bonds. The molecule has 0 aromatic heterocycles. The van der Waals surface area contributed by atoms with Crippen LogP contribution in [-0.4, -0.2) is 0 Å². The van der Waals surface area contributed by atoms with Crippen LogP contribution in [0, 0.1) is 0 Å². The summed E-state index contributed by atoms with van der Waals surface area (Å²) in [5, 5.41) is 0. The Morgan fingerprint density at radius 1 is 0.286 bits per heavy atom. The molecule has 0 fully saturated rings. The predicted octanol–water partition coefficient (Wildman–Crippen LogP) is 0.912. The maximum Gasteiger partial charge on any atom is 0 e. The van der Waals surface area contributed by atoms with Gasteiger partial charge in [0.1, 0.15) is 0 Å². The first kappa shape index (κ1) is 26700. The Labute approximate surface area is 46.3 Å². The van der Waals surface area contributed by atoms with E-state index in [2.05, 4.69) is 0 Å². The molecule has 7 heavy (non-hydrogen) atoms. The topological polar surface area (TPSA) is 0 Å². The molecule has 0 aromatic rings. The standard InChI is InChI=1S/6FH.Mn/h6*1H;. The van der Waals surface area contributed by atoms with Gasteiger partial charge in [-0.2, -0.15) is 0 Å². The quantitative estimate of drug-likeness (QED) is 0.379. The Kier molecular flexibility index (Phi) is 61100000. The zero-order chi connectivity index (χ0) is 0. The molecular formula is H6F6Mn. The Hall–Kier alpha value is 0.0995. The average Bonchev–Trinajstić information content (AvgIpc) is 0. The molecule has 0 unspecified atom stereocenters. The fourth-order valence-electron chi connectivity index (χ4n) is 0. The summed E-state index contributed by atoms with van der Waals surface area (Å²) in [6.45, 7) is 0. The molecule has 55 valence electrons. The van der Waals surface area contributed by atoms with E-state index in [4.69, 9.17) is 0 Å². The molecule has 0 saturated carbocycles. The van der Waals surface area contributed by atoms with Crippen LogP contribution in [-0.2, 0) is 17.1 Å². The van der Waals surface area contributed by atoms with Crippen molar-refractivity contribution in [2.75, 3.05) is 0 Å². The van der Waals surface area contributed by atoms with Gasteiger partial charge in [-0.3, -0.25) is 28.2 Å². The molecule has 7 heteroatoms. The van der Waals surface area contributed by atoms with E-state index >= 15 is 0 Å². The van der Waals surface area contributed by atoms with E-state index in [1.807, 2.05) is 0 Å². The van der Waals surface area contributed by atoms with Crippen LogP contribution in [0.1, 0.15) is 0 Å². The van der Waals surface area contributed by atoms with Crippen molar-refractivity contribution in [3.05, 3.63) is 0 Å². The zero-order valence-electron chi connectivity index (χ0n) is 2.83. The van der Waals surface area contributed by atoms with Crippen molar-refractivity contribution in [1.29, 1.82) is 0 Å². The minimum absolute atomic E-state index is 0.